The van der Waals surface area contributed by atoms with E-state index in [1.807, 2.05) is 12.1 Å². The van der Waals surface area contributed by atoms with Crippen LogP contribution in [0.3, 0.4) is 0 Å². The fraction of sp³-hybridized carbons (Fsp3) is 0.647. The third-order valence-corrected chi connectivity index (χ3v) is 4.98. The molecule has 2 fully saturated rings. The fourth-order valence-corrected chi connectivity index (χ4v) is 3.64. The van der Waals surface area contributed by atoms with Crippen LogP contribution in [0.15, 0.2) is 18.2 Å². The minimum atomic E-state index is 0.587. The van der Waals surface area contributed by atoms with Crippen LogP contribution in [-0.4, -0.2) is 19.7 Å². The van der Waals surface area contributed by atoms with Gasteiger partial charge in [0.2, 0.25) is 0 Å². The van der Waals surface area contributed by atoms with E-state index in [9.17, 15) is 0 Å². The number of rotatable bonds is 5. The van der Waals surface area contributed by atoms with E-state index >= 15 is 0 Å². The van der Waals surface area contributed by atoms with Gasteiger partial charge in [-0.25, -0.2) is 0 Å². The van der Waals surface area contributed by atoms with Gasteiger partial charge in [-0.1, -0.05) is 24.4 Å². The van der Waals surface area contributed by atoms with Gasteiger partial charge in [0.15, 0.2) is 0 Å². The molecule has 2 atom stereocenters. The van der Waals surface area contributed by atoms with Crippen molar-refractivity contribution in [1.29, 1.82) is 0 Å². The number of benzene rings is 1. The molecule has 3 rings (SSSR count). The maximum atomic E-state index is 6.21. The zero-order valence-corrected chi connectivity index (χ0v) is 13.0. The molecule has 2 unspecified atom stereocenters. The molecule has 2 aliphatic rings. The first-order chi connectivity index (χ1) is 9.78. The first-order valence-corrected chi connectivity index (χ1v) is 8.22. The van der Waals surface area contributed by atoms with E-state index in [2.05, 4.69) is 11.4 Å². The van der Waals surface area contributed by atoms with Crippen LogP contribution in [-0.2, 0) is 0 Å². The fourth-order valence-electron chi connectivity index (χ4n) is 3.46. The SMILES string of the molecule is COc1ccc(Cl)cc1C1CCCCC1CNC1CC1. The van der Waals surface area contributed by atoms with E-state index in [0.29, 0.717) is 5.92 Å². The van der Waals surface area contributed by atoms with Crippen LogP contribution in [0.1, 0.15) is 50.0 Å². The number of hydrogen-bond acceptors (Lipinski definition) is 2. The molecule has 0 bridgehead atoms. The first-order valence-electron chi connectivity index (χ1n) is 7.84. The summed E-state index contributed by atoms with van der Waals surface area (Å²) in [5, 5.41) is 4.52. The Morgan fingerprint density at radius 2 is 2.00 bits per heavy atom. The minimum absolute atomic E-state index is 0.587. The van der Waals surface area contributed by atoms with Crippen molar-refractivity contribution >= 4 is 11.6 Å². The van der Waals surface area contributed by atoms with E-state index in [1.54, 1.807) is 7.11 Å². The quantitative estimate of drug-likeness (QED) is 0.870. The van der Waals surface area contributed by atoms with Gasteiger partial charge in [-0.3, -0.25) is 0 Å². The maximum Gasteiger partial charge on any atom is 0.122 e. The Hall–Kier alpha value is -0.730. The summed E-state index contributed by atoms with van der Waals surface area (Å²) in [6, 6.07) is 6.83. The van der Waals surface area contributed by atoms with Crippen LogP contribution in [0.4, 0.5) is 0 Å². The predicted molar refractivity (Wildman–Crippen MR) is 83.7 cm³/mol. The highest BCUT2D eigenvalue weighted by Crippen LogP contribution is 2.42. The second-order valence-corrected chi connectivity index (χ2v) is 6.66. The summed E-state index contributed by atoms with van der Waals surface area (Å²) in [5.74, 6) is 2.30. The van der Waals surface area contributed by atoms with Gasteiger partial charge in [0, 0.05) is 11.1 Å². The Bertz CT molecular complexity index is 458. The molecule has 2 saturated carbocycles. The van der Waals surface area contributed by atoms with Gasteiger partial charge in [0.25, 0.3) is 0 Å². The van der Waals surface area contributed by atoms with Crippen molar-refractivity contribution in [2.24, 2.45) is 5.92 Å². The van der Waals surface area contributed by atoms with Gasteiger partial charge in [-0.15, -0.1) is 0 Å². The molecule has 1 aromatic rings. The molecule has 3 heteroatoms. The highest BCUT2D eigenvalue weighted by atomic mass is 35.5. The molecule has 1 aromatic carbocycles. The van der Waals surface area contributed by atoms with Gasteiger partial charge in [-0.2, -0.15) is 0 Å². The number of nitrogens with one attached hydrogen (secondary N) is 1. The van der Waals surface area contributed by atoms with Crippen molar-refractivity contribution in [1.82, 2.24) is 5.32 Å². The summed E-state index contributed by atoms with van der Waals surface area (Å²) >= 11 is 6.21. The summed E-state index contributed by atoms with van der Waals surface area (Å²) in [4.78, 5) is 0. The van der Waals surface area contributed by atoms with Gasteiger partial charge in [0.05, 0.1) is 7.11 Å². The Kier molecular flexibility index (Phi) is 4.52. The zero-order valence-electron chi connectivity index (χ0n) is 12.2. The third kappa shape index (κ3) is 3.29. The molecule has 0 heterocycles. The second-order valence-electron chi connectivity index (χ2n) is 6.22. The molecule has 110 valence electrons. The van der Waals surface area contributed by atoms with Crippen LogP contribution < -0.4 is 10.1 Å². The summed E-state index contributed by atoms with van der Waals surface area (Å²) in [6.07, 6.45) is 7.97. The second kappa shape index (κ2) is 6.36. The number of ether oxygens (including phenoxy) is 1. The van der Waals surface area contributed by atoms with E-state index < -0.39 is 0 Å². The average molecular weight is 294 g/mol. The zero-order chi connectivity index (χ0) is 13.9. The Balaban J connectivity index is 1.78. The monoisotopic (exact) mass is 293 g/mol. The highest BCUT2D eigenvalue weighted by molar-refractivity contribution is 6.30. The summed E-state index contributed by atoms with van der Waals surface area (Å²) in [6.45, 7) is 1.14. The Labute approximate surface area is 126 Å². The van der Waals surface area contributed by atoms with E-state index in [0.717, 1.165) is 29.3 Å². The van der Waals surface area contributed by atoms with Gasteiger partial charge >= 0.3 is 0 Å². The molecule has 0 radical (unpaired) electrons. The molecule has 0 saturated heterocycles. The van der Waals surface area contributed by atoms with Crippen LogP contribution in [0.25, 0.3) is 0 Å². The molecule has 0 spiro atoms. The van der Waals surface area contributed by atoms with Crippen molar-refractivity contribution in [2.45, 2.75) is 50.5 Å². The molecule has 0 amide bonds. The molecular weight excluding hydrogens is 270 g/mol. The highest BCUT2D eigenvalue weighted by Gasteiger charge is 2.30. The summed E-state index contributed by atoms with van der Waals surface area (Å²) in [5.41, 5.74) is 1.31. The largest absolute Gasteiger partial charge is 0.496 e. The lowest BCUT2D eigenvalue weighted by Crippen LogP contribution is -2.31. The average Bonchev–Trinajstić information content (AvgIpc) is 3.29. The molecule has 0 aromatic heterocycles. The molecule has 0 aliphatic heterocycles. The molecule has 20 heavy (non-hydrogen) atoms. The predicted octanol–water partition coefficient (Wildman–Crippen LogP) is 4.37. The standard InChI is InChI=1S/C17H24ClNO/c1-20-17-9-6-13(18)10-16(17)15-5-3-2-4-12(15)11-19-14-7-8-14/h6,9-10,12,14-15,19H,2-5,7-8,11H2,1H3. The third-order valence-electron chi connectivity index (χ3n) is 4.75. The van der Waals surface area contributed by atoms with Crippen molar-refractivity contribution in [3.05, 3.63) is 28.8 Å². The Morgan fingerprint density at radius 1 is 1.20 bits per heavy atom. The molecule has 2 nitrogen and oxygen atoms in total. The Morgan fingerprint density at radius 3 is 2.75 bits per heavy atom. The van der Waals surface area contributed by atoms with Gasteiger partial charge in [0.1, 0.15) is 5.75 Å². The lowest BCUT2D eigenvalue weighted by atomic mass is 9.75. The number of hydrogen-bond donors (Lipinski definition) is 1. The topological polar surface area (TPSA) is 21.3 Å². The number of methoxy groups -OCH3 is 1. The van der Waals surface area contributed by atoms with Crippen LogP contribution in [0.5, 0.6) is 5.75 Å². The van der Waals surface area contributed by atoms with E-state index in [-0.39, 0.29) is 0 Å². The van der Waals surface area contributed by atoms with Crippen LogP contribution >= 0.6 is 11.6 Å². The maximum absolute atomic E-state index is 6.21. The lowest BCUT2D eigenvalue weighted by molar-refractivity contribution is 0.287. The van der Waals surface area contributed by atoms with Crippen molar-refractivity contribution in [2.75, 3.05) is 13.7 Å². The lowest BCUT2D eigenvalue weighted by Gasteiger charge is -2.33. The molecular formula is C17H24ClNO. The van der Waals surface area contributed by atoms with Crippen LogP contribution in [0, 0.1) is 5.92 Å². The van der Waals surface area contributed by atoms with Crippen molar-refractivity contribution < 1.29 is 4.74 Å². The van der Waals surface area contributed by atoms with E-state index in [4.69, 9.17) is 16.3 Å². The van der Waals surface area contributed by atoms with E-state index in [1.165, 1.54) is 44.1 Å². The van der Waals surface area contributed by atoms with Crippen molar-refractivity contribution in [3.8, 4) is 5.75 Å². The van der Waals surface area contributed by atoms with Crippen molar-refractivity contribution in [3.63, 3.8) is 0 Å². The normalized spacial score (nSPS) is 26.5. The van der Waals surface area contributed by atoms with Crippen LogP contribution in [0.2, 0.25) is 5.02 Å². The number of halogens is 1. The summed E-state index contributed by atoms with van der Waals surface area (Å²) in [7, 11) is 1.76. The molecule has 2 aliphatic carbocycles. The summed E-state index contributed by atoms with van der Waals surface area (Å²) < 4.78 is 5.56. The van der Waals surface area contributed by atoms with Gasteiger partial charge < -0.3 is 10.1 Å². The van der Waals surface area contributed by atoms with Gasteiger partial charge in [-0.05, 0) is 67.8 Å². The minimum Gasteiger partial charge on any atom is -0.496 e. The first kappa shape index (κ1) is 14.2. The smallest absolute Gasteiger partial charge is 0.122 e. The molecule has 1 N–H and O–H groups in total.